The fourth-order valence-corrected chi connectivity index (χ4v) is 2.33. The number of para-hydroxylation sites is 1. The van der Waals surface area contributed by atoms with Crippen LogP contribution in [0, 0.1) is 0 Å². The summed E-state index contributed by atoms with van der Waals surface area (Å²) in [6, 6.07) is 7.00. The molecule has 2 amide bonds. The van der Waals surface area contributed by atoms with Gasteiger partial charge < -0.3 is 4.74 Å². The number of piperidine rings is 1. The zero-order valence-corrected chi connectivity index (χ0v) is 12.7. The Kier molecular flexibility index (Phi) is 5.44. The van der Waals surface area contributed by atoms with Gasteiger partial charge in [0.1, 0.15) is 5.75 Å². The molecular formula is C15H19ClN2O3. The number of halogens is 1. The summed E-state index contributed by atoms with van der Waals surface area (Å²) >= 11 is 6.02. The standard InChI is InChI=1S/C15H19ClN2O3/c1-2-12(21-13-8-4-3-7-11(13)16)15(20)17-18-10-6-5-9-14(18)19/h3-4,7-8,12H,2,5-6,9-10H2,1H3,(H,17,20). The molecule has 0 aromatic heterocycles. The number of rotatable bonds is 5. The smallest absolute Gasteiger partial charge is 0.279 e. The number of benzene rings is 1. The predicted molar refractivity (Wildman–Crippen MR) is 79.9 cm³/mol. The molecule has 114 valence electrons. The van der Waals surface area contributed by atoms with Crippen LogP contribution in [-0.2, 0) is 9.59 Å². The van der Waals surface area contributed by atoms with Crippen LogP contribution in [0.25, 0.3) is 0 Å². The predicted octanol–water partition coefficient (Wildman–Crippen LogP) is 2.54. The lowest BCUT2D eigenvalue weighted by molar-refractivity contribution is -0.146. The minimum atomic E-state index is -0.681. The number of hydrogen-bond donors (Lipinski definition) is 1. The van der Waals surface area contributed by atoms with E-state index in [9.17, 15) is 9.59 Å². The van der Waals surface area contributed by atoms with Crippen LogP contribution in [-0.4, -0.2) is 29.5 Å². The molecule has 21 heavy (non-hydrogen) atoms. The third-order valence-electron chi connectivity index (χ3n) is 3.34. The van der Waals surface area contributed by atoms with Gasteiger partial charge in [0.15, 0.2) is 6.10 Å². The zero-order chi connectivity index (χ0) is 15.2. The normalized spacial score (nSPS) is 16.5. The first-order chi connectivity index (χ1) is 10.1. The molecule has 6 heteroatoms. The summed E-state index contributed by atoms with van der Waals surface area (Å²) in [5.41, 5.74) is 2.64. The van der Waals surface area contributed by atoms with Gasteiger partial charge in [-0.2, -0.15) is 0 Å². The third-order valence-corrected chi connectivity index (χ3v) is 3.65. The van der Waals surface area contributed by atoms with E-state index >= 15 is 0 Å². The van der Waals surface area contributed by atoms with Gasteiger partial charge in [-0.15, -0.1) is 0 Å². The highest BCUT2D eigenvalue weighted by Crippen LogP contribution is 2.24. The Balaban J connectivity index is 1.98. The second kappa shape index (κ2) is 7.31. The first-order valence-electron chi connectivity index (χ1n) is 7.14. The van der Waals surface area contributed by atoms with Crippen LogP contribution < -0.4 is 10.2 Å². The molecular weight excluding hydrogens is 292 g/mol. The van der Waals surface area contributed by atoms with E-state index in [1.165, 1.54) is 5.01 Å². The number of hydrazine groups is 1. The number of carbonyl (C=O) groups excluding carboxylic acids is 2. The molecule has 1 aromatic rings. The molecule has 2 rings (SSSR count). The summed E-state index contributed by atoms with van der Waals surface area (Å²) in [6.45, 7) is 2.40. The minimum absolute atomic E-state index is 0.0535. The van der Waals surface area contributed by atoms with Crippen molar-refractivity contribution in [3.63, 3.8) is 0 Å². The topological polar surface area (TPSA) is 58.6 Å². The summed E-state index contributed by atoms with van der Waals surface area (Å²) in [6.07, 6.45) is 2.05. The monoisotopic (exact) mass is 310 g/mol. The zero-order valence-electron chi connectivity index (χ0n) is 12.0. The van der Waals surface area contributed by atoms with Crippen LogP contribution in [0.15, 0.2) is 24.3 Å². The average Bonchev–Trinajstić information content (AvgIpc) is 2.48. The van der Waals surface area contributed by atoms with E-state index in [4.69, 9.17) is 16.3 Å². The van der Waals surface area contributed by atoms with Crippen molar-refractivity contribution in [1.29, 1.82) is 0 Å². The molecule has 1 aromatic carbocycles. The van der Waals surface area contributed by atoms with Crippen LogP contribution in [0.2, 0.25) is 5.02 Å². The number of amides is 2. The lowest BCUT2D eigenvalue weighted by Gasteiger charge is -2.28. The summed E-state index contributed by atoms with van der Waals surface area (Å²) < 4.78 is 5.65. The van der Waals surface area contributed by atoms with Crippen molar-refractivity contribution in [2.24, 2.45) is 0 Å². The summed E-state index contributed by atoms with van der Waals surface area (Å²) in [5.74, 6) is 0.0843. The first kappa shape index (κ1) is 15.6. The number of carbonyl (C=O) groups is 2. The van der Waals surface area contributed by atoms with E-state index < -0.39 is 6.10 Å². The maximum Gasteiger partial charge on any atom is 0.279 e. The van der Waals surface area contributed by atoms with Crippen molar-refractivity contribution in [1.82, 2.24) is 10.4 Å². The molecule has 5 nitrogen and oxygen atoms in total. The van der Waals surface area contributed by atoms with E-state index in [1.54, 1.807) is 24.3 Å². The van der Waals surface area contributed by atoms with Gasteiger partial charge >= 0.3 is 0 Å². The molecule has 1 aliphatic rings. The van der Waals surface area contributed by atoms with Crippen LogP contribution in [0.4, 0.5) is 0 Å². The molecule has 1 saturated heterocycles. The van der Waals surface area contributed by atoms with E-state index in [-0.39, 0.29) is 11.8 Å². The van der Waals surface area contributed by atoms with Crippen LogP contribution in [0.3, 0.4) is 0 Å². The Morgan fingerprint density at radius 2 is 2.19 bits per heavy atom. The van der Waals surface area contributed by atoms with Gasteiger partial charge in [-0.1, -0.05) is 30.7 Å². The molecule has 1 aliphatic heterocycles. The third kappa shape index (κ3) is 4.11. The van der Waals surface area contributed by atoms with Crippen molar-refractivity contribution < 1.29 is 14.3 Å². The van der Waals surface area contributed by atoms with Crippen molar-refractivity contribution in [3.8, 4) is 5.75 Å². The van der Waals surface area contributed by atoms with Crippen molar-refractivity contribution in [2.45, 2.75) is 38.7 Å². The quantitative estimate of drug-likeness (QED) is 0.909. The molecule has 0 aliphatic carbocycles. The van der Waals surface area contributed by atoms with Gasteiger partial charge in [0.25, 0.3) is 5.91 Å². The van der Waals surface area contributed by atoms with E-state index in [0.717, 1.165) is 12.8 Å². The summed E-state index contributed by atoms with van der Waals surface area (Å²) in [4.78, 5) is 23.9. The van der Waals surface area contributed by atoms with E-state index in [2.05, 4.69) is 5.43 Å². The number of nitrogens with one attached hydrogen (secondary N) is 1. The fraction of sp³-hybridized carbons (Fsp3) is 0.467. The lowest BCUT2D eigenvalue weighted by Crippen LogP contribution is -2.52. The van der Waals surface area contributed by atoms with E-state index in [0.29, 0.717) is 30.2 Å². The molecule has 1 N–H and O–H groups in total. The molecule has 0 saturated carbocycles. The molecule has 1 heterocycles. The Morgan fingerprint density at radius 1 is 1.43 bits per heavy atom. The number of ether oxygens (including phenoxy) is 1. The number of hydrogen-bond acceptors (Lipinski definition) is 3. The Labute approximate surface area is 129 Å². The van der Waals surface area contributed by atoms with Gasteiger partial charge in [0, 0.05) is 13.0 Å². The number of nitrogens with zero attached hydrogens (tertiary/aromatic N) is 1. The highest BCUT2D eigenvalue weighted by molar-refractivity contribution is 6.32. The maximum atomic E-state index is 12.2. The highest BCUT2D eigenvalue weighted by atomic mass is 35.5. The maximum absolute atomic E-state index is 12.2. The largest absolute Gasteiger partial charge is 0.479 e. The van der Waals surface area contributed by atoms with Crippen LogP contribution in [0.1, 0.15) is 32.6 Å². The van der Waals surface area contributed by atoms with Gasteiger partial charge in [0.2, 0.25) is 5.91 Å². The van der Waals surface area contributed by atoms with Gasteiger partial charge in [-0.05, 0) is 31.4 Å². The Bertz CT molecular complexity index is 521. The first-order valence-corrected chi connectivity index (χ1v) is 7.51. The molecule has 0 bridgehead atoms. The van der Waals surface area contributed by atoms with Gasteiger partial charge in [-0.3, -0.25) is 20.0 Å². The van der Waals surface area contributed by atoms with Crippen LogP contribution >= 0.6 is 11.6 Å². The fourth-order valence-electron chi connectivity index (χ4n) is 2.14. The lowest BCUT2D eigenvalue weighted by atomic mass is 10.1. The Morgan fingerprint density at radius 3 is 2.86 bits per heavy atom. The van der Waals surface area contributed by atoms with Crippen molar-refractivity contribution in [3.05, 3.63) is 29.3 Å². The molecule has 0 spiro atoms. The summed E-state index contributed by atoms with van der Waals surface area (Å²) in [7, 11) is 0. The minimum Gasteiger partial charge on any atom is -0.479 e. The SMILES string of the molecule is CCC(Oc1ccccc1Cl)C(=O)NN1CCCCC1=O. The van der Waals surface area contributed by atoms with Gasteiger partial charge in [-0.25, -0.2) is 0 Å². The molecule has 0 radical (unpaired) electrons. The van der Waals surface area contributed by atoms with Gasteiger partial charge in [0.05, 0.1) is 5.02 Å². The second-order valence-electron chi connectivity index (χ2n) is 4.92. The molecule has 1 atom stereocenters. The second-order valence-corrected chi connectivity index (χ2v) is 5.33. The van der Waals surface area contributed by atoms with Crippen LogP contribution in [0.5, 0.6) is 5.75 Å². The molecule has 1 fully saturated rings. The Hall–Kier alpha value is -1.75. The van der Waals surface area contributed by atoms with Crippen molar-refractivity contribution in [2.75, 3.05) is 6.54 Å². The van der Waals surface area contributed by atoms with E-state index in [1.807, 2.05) is 6.92 Å². The van der Waals surface area contributed by atoms with Crippen molar-refractivity contribution >= 4 is 23.4 Å². The highest BCUT2D eigenvalue weighted by Gasteiger charge is 2.25. The summed E-state index contributed by atoms with van der Waals surface area (Å²) in [5, 5.41) is 1.84. The molecule has 1 unspecified atom stereocenters. The average molecular weight is 311 g/mol.